The maximum absolute atomic E-state index is 2.40. The summed E-state index contributed by atoms with van der Waals surface area (Å²) in [7, 11) is 0. The lowest BCUT2D eigenvalue weighted by molar-refractivity contribution is 0.477. The molecule has 0 bridgehead atoms. The Bertz CT molecular complexity index is 1390. The molecule has 0 aromatic heterocycles. The molecule has 5 rings (SSSR count). The minimum Gasteiger partial charge on any atom is -0.0642 e. The number of hydrogen-bond donors (Lipinski definition) is 0. The van der Waals surface area contributed by atoms with Gasteiger partial charge in [-0.2, -0.15) is 0 Å². The Morgan fingerprint density at radius 3 is 1.97 bits per heavy atom. The number of allylic oxidation sites excluding steroid dienone is 1. The summed E-state index contributed by atoms with van der Waals surface area (Å²) >= 11 is 0. The van der Waals surface area contributed by atoms with Gasteiger partial charge in [0.05, 0.1) is 0 Å². The Morgan fingerprint density at radius 2 is 1.29 bits per heavy atom. The van der Waals surface area contributed by atoms with Crippen molar-refractivity contribution in [2.45, 2.75) is 46.0 Å². The smallest absolute Gasteiger partial charge is 0.0163 e. The first-order valence-electron chi connectivity index (χ1n) is 12.8. The van der Waals surface area contributed by atoms with Crippen LogP contribution in [0.25, 0.3) is 40.5 Å². The zero-order valence-corrected chi connectivity index (χ0v) is 21.3. The van der Waals surface area contributed by atoms with Crippen LogP contribution in [0.1, 0.15) is 61.4 Å². The molecule has 0 radical (unpaired) electrons. The summed E-state index contributed by atoms with van der Waals surface area (Å²) in [4.78, 5) is 0. The normalized spacial score (nSPS) is 14.2. The van der Waals surface area contributed by atoms with Crippen LogP contribution in [0.4, 0.5) is 0 Å². The molecule has 0 amide bonds. The fourth-order valence-electron chi connectivity index (χ4n) is 5.75. The number of hydrogen-bond acceptors (Lipinski definition) is 0. The molecule has 0 saturated heterocycles. The highest BCUT2D eigenvalue weighted by molar-refractivity contribution is 5.77. The third-order valence-electron chi connectivity index (χ3n) is 7.95. The molecule has 0 heterocycles. The summed E-state index contributed by atoms with van der Waals surface area (Å²) in [6.45, 7) is 9.13. The van der Waals surface area contributed by atoms with Gasteiger partial charge in [0.1, 0.15) is 0 Å². The van der Waals surface area contributed by atoms with Gasteiger partial charge in [-0.25, -0.2) is 0 Å². The van der Waals surface area contributed by atoms with E-state index in [1.165, 1.54) is 55.6 Å². The second-order valence-electron chi connectivity index (χ2n) is 9.81. The highest BCUT2D eigenvalue weighted by atomic mass is 14.4. The molecular formula is C35H34. The maximum Gasteiger partial charge on any atom is 0.0163 e. The molecule has 0 aliphatic heterocycles. The molecule has 35 heavy (non-hydrogen) atoms. The van der Waals surface area contributed by atoms with Gasteiger partial charge >= 0.3 is 0 Å². The van der Waals surface area contributed by atoms with E-state index in [1.54, 1.807) is 0 Å². The van der Waals surface area contributed by atoms with Crippen LogP contribution in [0.15, 0.2) is 96.6 Å². The van der Waals surface area contributed by atoms with Crippen molar-refractivity contribution in [3.63, 3.8) is 0 Å². The number of aryl methyl sites for hydroxylation is 1. The third-order valence-corrected chi connectivity index (χ3v) is 7.95. The fraction of sp³-hybridized carbons (Fsp3) is 0.200. The maximum atomic E-state index is 2.40. The van der Waals surface area contributed by atoms with Gasteiger partial charge in [0.15, 0.2) is 0 Å². The number of benzene rings is 4. The first-order valence-corrected chi connectivity index (χ1v) is 12.8. The van der Waals surface area contributed by atoms with E-state index in [0.717, 1.165) is 12.8 Å². The average Bonchev–Trinajstić information content (AvgIpc) is 3.18. The van der Waals surface area contributed by atoms with E-state index in [1.807, 2.05) is 0 Å². The summed E-state index contributed by atoms with van der Waals surface area (Å²) in [5.74, 6) is 0. The molecule has 0 spiro atoms. The van der Waals surface area contributed by atoms with Crippen LogP contribution < -0.4 is 0 Å². The van der Waals surface area contributed by atoms with Gasteiger partial charge in [-0.1, -0.05) is 129 Å². The molecule has 0 N–H and O–H groups in total. The Labute approximate surface area is 210 Å². The molecule has 0 atom stereocenters. The highest BCUT2D eigenvalue weighted by Crippen LogP contribution is 2.46. The monoisotopic (exact) mass is 454 g/mol. The third kappa shape index (κ3) is 4.30. The molecule has 0 unspecified atom stereocenters. The van der Waals surface area contributed by atoms with Crippen LogP contribution in [0.5, 0.6) is 0 Å². The summed E-state index contributed by atoms with van der Waals surface area (Å²) in [5.41, 5.74) is 13.5. The van der Waals surface area contributed by atoms with Crippen molar-refractivity contribution in [2.24, 2.45) is 0 Å². The Hall–Kier alpha value is -3.64. The van der Waals surface area contributed by atoms with Crippen molar-refractivity contribution < 1.29 is 0 Å². The number of rotatable bonds is 6. The first kappa shape index (κ1) is 23.1. The predicted molar refractivity (Wildman–Crippen MR) is 153 cm³/mol. The molecule has 1 aliphatic carbocycles. The van der Waals surface area contributed by atoms with E-state index in [4.69, 9.17) is 0 Å². The Kier molecular flexibility index (Phi) is 6.31. The van der Waals surface area contributed by atoms with E-state index >= 15 is 0 Å². The van der Waals surface area contributed by atoms with Gasteiger partial charge in [-0.05, 0) is 76.8 Å². The SMILES string of the molecule is CCC1(CC)C(C)=Cc2ccc(/C=C/c3ccc(-c4ccc(-c5ccccc5)cc4C)cc3)cc21. The van der Waals surface area contributed by atoms with E-state index in [-0.39, 0.29) is 5.41 Å². The van der Waals surface area contributed by atoms with Crippen LogP contribution in [-0.2, 0) is 5.41 Å². The van der Waals surface area contributed by atoms with Crippen LogP contribution in [0.3, 0.4) is 0 Å². The molecule has 4 aromatic rings. The van der Waals surface area contributed by atoms with Crippen LogP contribution >= 0.6 is 0 Å². The topological polar surface area (TPSA) is 0 Å². The highest BCUT2D eigenvalue weighted by Gasteiger charge is 2.36. The number of fused-ring (bicyclic) bond motifs is 1. The van der Waals surface area contributed by atoms with Crippen molar-refractivity contribution in [2.75, 3.05) is 0 Å². The van der Waals surface area contributed by atoms with Gasteiger partial charge in [-0.3, -0.25) is 0 Å². The second-order valence-corrected chi connectivity index (χ2v) is 9.81. The van der Waals surface area contributed by atoms with Gasteiger partial charge in [0.25, 0.3) is 0 Å². The molecule has 4 aromatic carbocycles. The summed E-state index contributed by atoms with van der Waals surface area (Å²) in [6.07, 6.45) is 9.16. The van der Waals surface area contributed by atoms with Crippen molar-refractivity contribution >= 4 is 18.2 Å². The van der Waals surface area contributed by atoms with E-state index in [2.05, 4.69) is 137 Å². The van der Waals surface area contributed by atoms with Gasteiger partial charge in [-0.15, -0.1) is 0 Å². The molecule has 0 fully saturated rings. The summed E-state index contributed by atoms with van der Waals surface area (Å²) in [6, 6.07) is 33.2. The Morgan fingerprint density at radius 1 is 0.629 bits per heavy atom. The van der Waals surface area contributed by atoms with Gasteiger partial charge in [0.2, 0.25) is 0 Å². The summed E-state index contributed by atoms with van der Waals surface area (Å²) < 4.78 is 0. The quantitative estimate of drug-likeness (QED) is 0.254. The van der Waals surface area contributed by atoms with Crippen molar-refractivity contribution in [1.29, 1.82) is 0 Å². The van der Waals surface area contributed by atoms with E-state index in [0.29, 0.717) is 0 Å². The Balaban J connectivity index is 1.35. The average molecular weight is 455 g/mol. The summed E-state index contributed by atoms with van der Waals surface area (Å²) in [5, 5.41) is 0. The fourth-order valence-corrected chi connectivity index (χ4v) is 5.75. The minimum atomic E-state index is 0.203. The van der Waals surface area contributed by atoms with Crippen LogP contribution in [-0.4, -0.2) is 0 Å². The lowest BCUT2D eigenvalue weighted by Crippen LogP contribution is -2.23. The first-order chi connectivity index (χ1) is 17.0. The molecule has 1 aliphatic rings. The van der Waals surface area contributed by atoms with Crippen molar-refractivity contribution in [3.05, 3.63) is 124 Å². The zero-order chi connectivity index (χ0) is 24.4. The molecular weight excluding hydrogens is 420 g/mol. The molecule has 0 nitrogen and oxygen atoms in total. The lowest BCUT2D eigenvalue weighted by Gasteiger charge is -2.30. The molecule has 0 heteroatoms. The lowest BCUT2D eigenvalue weighted by atomic mass is 9.73. The van der Waals surface area contributed by atoms with E-state index in [9.17, 15) is 0 Å². The van der Waals surface area contributed by atoms with Crippen LogP contribution in [0, 0.1) is 6.92 Å². The molecule has 174 valence electrons. The van der Waals surface area contributed by atoms with Crippen molar-refractivity contribution in [1.82, 2.24) is 0 Å². The van der Waals surface area contributed by atoms with Gasteiger partial charge < -0.3 is 0 Å². The van der Waals surface area contributed by atoms with Crippen molar-refractivity contribution in [3.8, 4) is 22.3 Å². The standard InChI is InChI=1S/C35H34/c1-5-35(6-2)26(4)23-32-19-16-28(24-34(32)35)13-12-27-14-17-30(18-15-27)33-21-20-31(22-25(33)3)29-10-8-7-9-11-29/h7-24H,5-6H2,1-4H3/b13-12+. The van der Waals surface area contributed by atoms with Crippen LogP contribution in [0.2, 0.25) is 0 Å². The molecule has 0 saturated carbocycles. The zero-order valence-electron chi connectivity index (χ0n) is 21.3. The van der Waals surface area contributed by atoms with Gasteiger partial charge in [0, 0.05) is 5.41 Å². The minimum absolute atomic E-state index is 0.203. The largest absolute Gasteiger partial charge is 0.0642 e. The predicted octanol–water partition coefficient (Wildman–Crippen LogP) is 9.97. The second kappa shape index (κ2) is 9.55. The van der Waals surface area contributed by atoms with E-state index < -0.39 is 0 Å².